The second-order valence-corrected chi connectivity index (χ2v) is 16.4. The molecule has 0 amide bonds. The number of hydrogen-bond donors (Lipinski definition) is 0. The molecular weight excluding hydrogens is 729 g/mol. The summed E-state index contributed by atoms with van der Waals surface area (Å²) in [6.07, 6.45) is 0. The average Bonchev–Trinajstić information content (AvgIpc) is 3.88. The van der Waals surface area contributed by atoms with Gasteiger partial charge < -0.3 is 4.90 Å². The van der Waals surface area contributed by atoms with Crippen molar-refractivity contribution >= 4 is 80.9 Å². The van der Waals surface area contributed by atoms with Gasteiger partial charge in [-0.2, -0.15) is 0 Å². The second kappa shape index (κ2) is 14.0. The summed E-state index contributed by atoms with van der Waals surface area (Å²) in [5.41, 5.74) is 12.7. The Labute approximate surface area is 339 Å². The first-order chi connectivity index (χ1) is 28.2. The van der Waals surface area contributed by atoms with Gasteiger partial charge in [-0.25, -0.2) is 4.98 Å². The van der Waals surface area contributed by atoms with Crippen LogP contribution in [0.3, 0.4) is 0 Å². The minimum Gasteiger partial charge on any atom is -0.310 e. The summed E-state index contributed by atoms with van der Waals surface area (Å²) in [5, 5.41) is 6.04. The van der Waals surface area contributed by atoms with Gasteiger partial charge in [-0.15, -0.1) is 22.7 Å². The number of aromatic nitrogens is 1. The smallest absolute Gasteiger partial charge is 0.124 e. The molecule has 2 heterocycles. The number of fused-ring (bicyclic) bond motifs is 5. The summed E-state index contributed by atoms with van der Waals surface area (Å²) < 4.78 is 3.77. The van der Waals surface area contributed by atoms with Gasteiger partial charge in [0.2, 0.25) is 0 Å². The number of anilines is 3. The molecule has 11 aromatic rings. The highest BCUT2D eigenvalue weighted by molar-refractivity contribution is 7.27. The molecule has 0 saturated heterocycles. The Hall–Kier alpha value is -6.85. The van der Waals surface area contributed by atoms with Crippen LogP contribution in [0.15, 0.2) is 206 Å². The first kappa shape index (κ1) is 33.5. The summed E-state index contributed by atoms with van der Waals surface area (Å²) >= 11 is 3.64. The summed E-state index contributed by atoms with van der Waals surface area (Å²) in [5.74, 6) is 0. The average molecular weight is 763 g/mol. The third-order valence-electron chi connectivity index (χ3n) is 10.9. The maximum absolute atomic E-state index is 5.34. The van der Waals surface area contributed by atoms with Crippen LogP contribution in [0.2, 0.25) is 0 Å². The van der Waals surface area contributed by atoms with Gasteiger partial charge in [0.05, 0.1) is 10.2 Å². The Morgan fingerprint density at radius 1 is 0.351 bits per heavy atom. The molecule has 11 rings (SSSR count). The lowest BCUT2D eigenvalue weighted by Crippen LogP contribution is -2.09. The molecule has 0 aliphatic heterocycles. The molecule has 0 saturated carbocycles. The second-order valence-electron chi connectivity index (χ2n) is 14.4. The van der Waals surface area contributed by atoms with E-state index in [0.717, 1.165) is 38.7 Å². The molecule has 0 fully saturated rings. The van der Waals surface area contributed by atoms with Crippen molar-refractivity contribution in [2.75, 3.05) is 4.90 Å². The molecule has 9 aromatic carbocycles. The van der Waals surface area contributed by atoms with E-state index < -0.39 is 0 Å². The predicted molar refractivity (Wildman–Crippen MR) is 246 cm³/mol. The number of hydrogen-bond acceptors (Lipinski definition) is 4. The minimum atomic E-state index is 1.04. The van der Waals surface area contributed by atoms with E-state index >= 15 is 0 Å². The largest absolute Gasteiger partial charge is 0.310 e. The fourth-order valence-electron chi connectivity index (χ4n) is 8.06. The summed E-state index contributed by atoms with van der Waals surface area (Å²) in [6, 6.07) is 74.5. The van der Waals surface area contributed by atoms with E-state index in [1.54, 1.807) is 11.3 Å². The van der Waals surface area contributed by atoms with Crippen molar-refractivity contribution in [3.8, 4) is 44.0 Å². The first-order valence-electron chi connectivity index (χ1n) is 19.2. The molecule has 4 heteroatoms. The number of rotatable bonds is 7. The molecule has 2 nitrogen and oxygen atoms in total. The molecule has 2 aromatic heterocycles. The van der Waals surface area contributed by atoms with Crippen molar-refractivity contribution < 1.29 is 0 Å². The number of benzene rings is 9. The summed E-state index contributed by atoms with van der Waals surface area (Å²) in [4.78, 5) is 7.71. The zero-order valence-electron chi connectivity index (χ0n) is 30.8. The highest BCUT2D eigenvalue weighted by Gasteiger charge is 2.20. The van der Waals surface area contributed by atoms with Crippen LogP contribution in [0.1, 0.15) is 0 Å². The molecule has 0 N–H and O–H groups in total. The Morgan fingerprint density at radius 2 is 0.895 bits per heavy atom. The van der Waals surface area contributed by atoms with Gasteiger partial charge in [0.15, 0.2) is 0 Å². The molecule has 0 radical (unpaired) electrons. The molecule has 0 atom stereocenters. The number of nitrogens with zero attached hydrogens (tertiary/aromatic N) is 2. The third-order valence-corrected chi connectivity index (χ3v) is 13.1. The molecule has 0 aliphatic carbocycles. The number of thiophene rings is 1. The minimum absolute atomic E-state index is 1.04. The lowest BCUT2D eigenvalue weighted by molar-refractivity contribution is 1.29. The van der Waals surface area contributed by atoms with Gasteiger partial charge in [-0.05, 0) is 93.2 Å². The van der Waals surface area contributed by atoms with E-state index in [2.05, 4.69) is 211 Å². The maximum atomic E-state index is 5.34. The Bertz CT molecular complexity index is 3200. The van der Waals surface area contributed by atoms with Gasteiger partial charge in [0.1, 0.15) is 5.01 Å². The van der Waals surface area contributed by atoms with Gasteiger partial charge in [-0.3, -0.25) is 0 Å². The van der Waals surface area contributed by atoms with Crippen LogP contribution >= 0.6 is 22.7 Å². The van der Waals surface area contributed by atoms with E-state index in [9.17, 15) is 0 Å². The zero-order chi connectivity index (χ0) is 37.7. The Kier molecular flexibility index (Phi) is 8.24. The van der Waals surface area contributed by atoms with Crippen LogP contribution in [0.25, 0.3) is 85.1 Å². The van der Waals surface area contributed by atoms with Crippen LogP contribution in [0.5, 0.6) is 0 Å². The lowest BCUT2D eigenvalue weighted by atomic mass is 9.99. The molecule has 268 valence electrons. The number of thiazole rings is 1. The van der Waals surface area contributed by atoms with Crippen LogP contribution < -0.4 is 4.90 Å². The fourth-order valence-corrected chi connectivity index (χ4v) is 10.3. The Morgan fingerprint density at radius 3 is 1.60 bits per heavy atom. The van der Waals surface area contributed by atoms with Crippen molar-refractivity contribution in [2.45, 2.75) is 0 Å². The highest BCUT2D eigenvalue weighted by atomic mass is 32.1. The summed E-state index contributed by atoms with van der Waals surface area (Å²) in [6.45, 7) is 0. The quantitative estimate of drug-likeness (QED) is 0.161. The normalized spacial score (nSPS) is 11.5. The van der Waals surface area contributed by atoms with E-state index in [-0.39, 0.29) is 0 Å². The molecule has 0 aliphatic rings. The van der Waals surface area contributed by atoms with Crippen LogP contribution in [-0.4, -0.2) is 4.98 Å². The van der Waals surface area contributed by atoms with Crippen molar-refractivity contribution in [2.24, 2.45) is 0 Å². The maximum Gasteiger partial charge on any atom is 0.124 e. The van der Waals surface area contributed by atoms with E-state index in [1.807, 2.05) is 11.3 Å². The monoisotopic (exact) mass is 762 g/mol. The van der Waals surface area contributed by atoms with Gasteiger partial charge in [0.25, 0.3) is 0 Å². The summed E-state index contributed by atoms with van der Waals surface area (Å²) in [7, 11) is 0. The topological polar surface area (TPSA) is 16.1 Å². The van der Waals surface area contributed by atoms with Crippen LogP contribution in [0, 0.1) is 0 Å². The Balaban J connectivity index is 1.06. The van der Waals surface area contributed by atoms with Crippen molar-refractivity contribution in [3.63, 3.8) is 0 Å². The van der Waals surface area contributed by atoms with Gasteiger partial charge in [0, 0.05) is 48.4 Å². The highest BCUT2D eigenvalue weighted by Crippen LogP contribution is 2.47. The standard InChI is InChI=1S/C53H34N2S2/c1-4-12-35(13-5-1)37-22-27-43(28-23-37)55(45-31-24-38-20-21-41(32-42(38)33-45)36-14-6-2-7-15-36)44-29-25-39(26-30-44)50-51-49(57-53(54-51)40-16-8-3-9-17-40)34-47-46-18-10-11-19-48(46)56-52(47)50/h1-34H. The van der Waals surface area contributed by atoms with Gasteiger partial charge in [-0.1, -0.05) is 152 Å². The van der Waals surface area contributed by atoms with Crippen molar-refractivity contribution in [1.29, 1.82) is 0 Å². The van der Waals surface area contributed by atoms with E-state index in [4.69, 9.17) is 4.98 Å². The molecular formula is C53H34N2S2. The third kappa shape index (κ3) is 6.07. The fraction of sp³-hybridized carbons (Fsp3) is 0. The van der Waals surface area contributed by atoms with Crippen molar-refractivity contribution in [3.05, 3.63) is 206 Å². The van der Waals surface area contributed by atoms with Crippen LogP contribution in [-0.2, 0) is 0 Å². The van der Waals surface area contributed by atoms with E-state index in [0.29, 0.717) is 0 Å². The molecule has 0 spiro atoms. The first-order valence-corrected chi connectivity index (χ1v) is 20.8. The SMILES string of the molecule is c1ccc(-c2ccc(N(c3ccc(-c4c5nc(-c6ccccc6)sc5cc5c4sc4ccccc45)cc3)c3ccc4ccc(-c5ccccc5)cc4c3)cc2)cc1. The van der Waals surface area contributed by atoms with Crippen LogP contribution in [0.4, 0.5) is 17.1 Å². The van der Waals surface area contributed by atoms with Gasteiger partial charge >= 0.3 is 0 Å². The zero-order valence-corrected chi connectivity index (χ0v) is 32.5. The lowest BCUT2D eigenvalue weighted by Gasteiger charge is -2.26. The molecule has 0 bridgehead atoms. The molecule has 0 unspecified atom stereocenters. The van der Waals surface area contributed by atoms with Crippen molar-refractivity contribution in [1.82, 2.24) is 4.98 Å². The predicted octanol–water partition coefficient (Wildman–Crippen LogP) is 16.0. The molecule has 57 heavy (non-hydrogen) atoms. The van der Waals surface area contributed by atoms with E-state index in [1.165, 1.54) is 63.5 Å².